The Kier molecular flexibility index (Phi) is 4.30. The van der Waals surface area contributed by atoms with Crippen LogP contribution in [-0.2, 0) is 4.74 Å². The fourth-order valence-electron chi connectivity index (χ4n) is 2.24. The number of rotatable bonds is 6. The SMILES string of the molecule is CNC(CCCC1CCCO1)c1cn[nH]n1. The van der Waals surface area contributed by atoms with E-state index in [9.17, 15) is 0 Å². The molecular weight excluding hydrogens is 204 g/mol. The monoisotopic (exact) mass is 224 g/mol. The van der Waals surface area contributed by atoms with Crippen LogP contribution in [0.5, 0.6) is 0 Å². The van der Waals surface area contributed by atoms with Crippen LogP contribution in [0.25, 0.3) is 0 Å². The number of hydrogen-bond acceptors (Lipinski definition) is 4. The van der Waals surface area contributed by atoms with Gasteiger partial charge in [0.1, 0.15) is 0 Å². The van der Waals surface area contributed by atoms with Crippen molar-refractivity contribution in [1.29, 1.82) is 0 Å². The normalized spacial score (nSPS) is 22.4. The first-order chi connectivity index (χ1) is 7.90. The lowest BCUT2D eigenvalue weighted by molar-refractivity contribution is 0.101. The highest BCUT2D eigenvalue weighted by molar-refractivity contribution is 4.98. The molecule has 2 heterocycles. The largest absolute Gasteiger partial charge is 0.378 e. The molecule has 0 bridgehead atoms. The first-order valence-electron chi connectivity index (χ1n) is 6.04. The number of nitrogens with one attached hydrogen (secondary N) is 2. The van der Waals surface area contributed by atoms with E-state index in [2.05, 4.69) is 20.7 Å². The number of ether oxygens (including phenoxy) is 1. The summed E-state index contributed by atoms with van der Waals surface area (Å²) in [6.45, 7) is 0.948. The predicted molar refractivity (Wildman–Crippen MR) is 61.0 cm³/mol. The van der Waals surface area contributed by atoms with Crippen molar-refractivity contribution in [2.45, 2.75) is 44.2 Å². The highest BCUT2D eigenvalue weighted by Crippen LogP contribution is 2.21. The highest BCUT2D eigenvalue weighted by Gasteiger charge is 2.17. The van der Waals surface area contributed by atoms with Crippen LogP contribution in [-0.4, -0.2) is 35.2 Å². The van der Waals surface area contributed by atoms with Crippen LogP contribution in [0.4, 0.5) is 0 Å². The molecule has 2 N–H and O–H groups in total. The first-order valence-corrected chi connectivity index (χ1v) is 6.04. The van der Waals surface area contributed by atoms with Gasteiger partial charge in [0.2, 0.25) is 0 Å². The minimum atomic E-state index is 0.306. The van der Waals surface area contributed by atoms with E-state index in [4.69, 9.17) is 4.74 Å². The fourth-order valence-corrected chi connectivity index (χ4v) is 2.24. The molecule has 5 heteroatoms. The van der Waals surface area contributed by atoms with Crippen LogP contribution in [0.15, 0.2) is 6.20 Å². The maximum atomic E-state index is 5.60. The van der Waals surface area contributed by atoms with Crippen LogP contribution >= 0.6 is 0 Å². The smallest absolute Gasteiger partial charge is 0.0993 e. The Bertz CT molecular complexity index is 282. The Morgan fingerprint density at radius 1 is 1.69 bits per heavy atom. The van der Waals surface area contributed by atoms with E-state index < -0.39 is 0 Å². The summed E-state index contributed by atoms with van der Waals surface area (Å²) >= 11 is 0. The average molecular weight is 224 g/mol. The lowest BCUT2D eigenvalue weighted by Crippen LogP contribution is -2.17. The number of aromatic nitrogens is 3. The minimum Gasteiger partial charge on any atom is -0.378 e. The molecule has 1 aliphatic rings. The van der Waals surface area contributed by atoms with Crippen molar-refractivity contribution in [3.8, 4) is 0 Å². The molecule has 1 fully saturated rings. The quantitative estimate of drug-likeness (QED) is 0.767. The van der Waals surface area contributed by atoms with E-state index in [0.29, 0.717) is 12.1 Å². The van der Waals surface area contributed by atoms with Crippen LogP contribution < -0.4 is 5.32 Å². The number of nitrogens with zero attached hydrogens (tertiary/aromatic N) is 2. The summed E-state index contributed by atoms with van der Waals surface area (Å²) < 4.78 is 5.60. The fraction of sp³-hybridized carbons (Fsp3) is 0.818. The van der Waals surface area contributed by atoms with E-state index in [0.717, 1.165) is 25.1 Å². The van der Waals surface area contributed by atoms with Gasteiger partial charge in [-0.15, -0.1) is 0 Å². The maximum absolute atomic E-state index is 5.60. The van der Waals surface area contributed by atoms with Crippen LogP contribution in [0.2, 0.25) is 0 Å². The maximum Gasteiger partial charge on any atom is 0.0993 e. The molecule has 5 nitrogen and oxygen atoms in total. The molecular formula is C11H20N4O. The summed E-state index contributed by atoms with van der Waals surface area (Å²) in [5.41, 5.74) is 0.995. The van der Waals surface area contributed by atoms with Gasteiger partial charge in [-0.25, -0.2) is 0 Å². The molecule has 0 aromatic carbocycles. The number of H-pyrrole nitrogens is 1. The van der Waals surface area contributed by atoms with Gasteiger partial charge in [-0.2, -0.15) is 15.4 Å². The number of aromatic amines is 1. The Morgan fingerprint density at radius 2 is 2.62 bits per heavy atom. The second-order valence-electron chi connectivity index (χ2n) is 4.30. The van der Waals surface area contributed by atoms with E-state index in [-0.39, 0.29) is 0 Å². The molecule has 0 radical (unpaired) electrons. The molecule has 16 heavy (non-hydrogen) atoms. The molecule has 2 unspecified atom stereocenters. The van der Waals surface area contributed by atoms with E-state index in [1.165, 1.54) is 19.3 Å². The van der Waals surface area contributed by atoms with Crippen molar-refractivity contribution >= 4 is 0 Å². The molecule has 90 valence electrons. The van der Waals surface area contributed by atoms with Crippen molar-refractivity contribution in [2.75, 3.05) is 13.7 Å². The van der Waals surface area contributed by atoms with E-state index in [1.54, 1.807) is 6.20 Å². The minimum absolute atomic E-state index is 0.306. The van der Waals surface area contributed by atoms with Crippen molar-refractivity contribution in [1.82, 2.24) is 20.7 Å². The van der Waals surface area contributed by atoms with E-state index in [1.807, 2.05) is 7.05 Å². The van der Waals surface area contributed by atoms with Crippen LogP contribution in [0, 0.1) is 0 Å². The average Bonchev–Trinajstić information content (AvgIpc) is 2.96. The summed E-state index contributed by atoms with van der Waals surface area (Å²) in [5.74, 6) is 0. The Hall–Kier alpha value is -0.940. The molecule has 2 rings (SSSR count). The molecule has 0 spiro atoms. The van der Waals surface area contributed by atoms with Gasteiger partial charge in [-0.1, -0.05) is 0 Å². The Balaban J connectivity index is 1.71. The first kappa shape index (κ1) is 11.5. The third kappa shape index (κ3) is 3.02. The standard InChI is InChI=1S/C11H20N4O/c1-12-10(11-8-13-15-14-11)6-2-4-9-5-3-7-16-9/h8-10,12H,2-7H2,1H3,(H,13,14,15). The van der Waals surface area contributed by atoms with Gasteiger partial charge in [0.15, 0.2) is 0 Å². The van der Waals surface area contributed by atoms with Gasteiger partial charge >= 0.3 is 0 Å². The summed E-state index contributed by atoms with van der Waals surface area (Å²) in [4.78, 5) is 0. The zero-order chi connectivity index (χ0) is 11.2. The number of hydrogen-bond donors (Lipinski definition) is 2. The Morgan fingerprint density at radius 3 is 3.25 bits per heavy atom. The van der Waals surface area contributed by atoms with Crippen molar-refractivity contribution in [2.24, 2.45) is 0 Å². The summed E-state index contributed by atoms with van der Waals surface area (Å²) in [7, 11) is 1.96. The molecule has 1 aromatic rings. The van der Waals surface area contributed by atoms with Crippen LogP contribution in [0.3, 0.4) is 0 Å². The second kappa shape index (κ2) is 5.96. The van der Waals surface area contributed by atoms with Crippen LogP contribution in [0.1, 0.15) is 43.8 Å². The Labute approximate surface area is 96.0 Å². The van der Waals surface area contributed by atoms with Gasteiger partial charge in [-0.3, -0.25) is 0 Å². The van der Waals surface area contributed by atoms with Crippen molar-refractivity contribution in [3.63, 3.8) is 0 Å². The second-order valence-corrected chi connectivity index (χ2v) is 4.30. The zero-order valence-electron chi connectivity index (χ0n) is 9.78. The molecule has 0 amide bonds. The van der Waals surface area contributed by atoms with Crippen molar-refractivity contribution < 1.29 is 4.74 Å². The highest BCUT2D eigenvalue weighted by atomic mass is 16.5. The molecule has 1 aromatic heterocycles. The molecule has 1 saturated heterocycles. The van der Waals surface area contributed by atoms with Crippen molar-refractivity contribution in [3.05, 3.63) is 11.9 Å². The van der Waals surface area contributed by atoms with E-state index >= 15 is 0 Å². The van der Waals surface area contributed by atoms with Gasteiger partial charge in [0, 0.05) is 6.61 Å². The molecule has 2 atom stereocenters. The summed E-state index contributed by atoms with van der Waals surface area (Å²) in [6, 6.07) is 0.306. The van der Waals surface area contributed by atoms with Gasteiger partial charge in [0.25, 0.3) is 0 Å². The predicted octanol–water partition coefficient (Wildman–Crippen LogP) is 1.41. The third-order valence-corrected chi connectivity index (χ3v) is 3.18. The van der Waals surface area contributed by atoms with Gasteiger partial charge < -0.3 is 10.1 Å². The topological polar surface area (TPSA) is 62.8 Å². The molecule has 0 saturated carbocycles. The third-order valence-electron chi connectivity index (χ3n) is 3.18. The van der Waals surface area contributed by atoms with Gasteiger partial charge in [0.05, 0.1) is 24.0 Å². The molecule has 1 aliphatic heterocycles. The summed E-state index contributed by atoms with van der Waals surface area (Å²) in [5, 5.41) is 13.9. The summed E-state index contributed by atoms with van der Waals surface area (Å²) in [6.07, 6.45) is 8.15. The lowest BCUT2D eigenvalue weighted by atomic mass is 10.0. The molecule has 0 aliphatic carbocycles. The van der Waals surface area contributed by atoms with Gasteiger partial charge in [-0.05, 0) is 39.2 Å². The zero-order valence-corrected chi connectivity index (χ0v) is 9.78. The lowest BCUT2D eigenvalue weighted by Gasteiger charge is -2.14.